The molecular weight excluding hydrogens is 311 g/mol. The Labute approximate surface area is 131 Å². The maximum absolute atomic E-state index is 12.2. The molecule has 0 radical (unpaired) electrons. The fraction of sp³-hybridized carbons (Fsp3) is 0.0714. The van der Waals surface area contributed by atoms with Gasteiger partial charge >= 0.3 is 0 Å². The van der Waals surface area contributed by atoms with E-state index in [0.717, 1.165) is 0 Å². The summed E-state index contributed by atoms with van der Waals surface area (Å²) in [6.45, 7) is 0. The van der Waals surface area contributed by atoms with Crippen LogP contribution in [0.3, 0.4) is 0 Å². The lowest BCUT2D eigenvalue weighted by Crippen LogP contribution is -2.13. The van der Waals surface area contributed by atoms with Crippen molar-refractivity contribution in [2.45, 2.75) is 0 Å². The van der Waals surface area contributed by atoms with E-state index in [1.807, 2.05) is 6.07 Å². The Morgan fingerprint density at radius 3 is 2.67 bits per heavy atom. The van der Waals surface area contributed by atoms with Crippen molar-refractivity contribution in [3.05, 3.63) is 51.6 Å². The van der Waals surface area contributed by atoms with Crippen LogP contribution in [0.25, 0.3) is 0 Å². The molecule has 5 nitrogen and oxygen atoms in total. The second kappa shape index (κ2) is 6.44. The van der Waals surface area contributed by atoms with Gasteiger partial charge in [0.2, 0.25) is 0 Å². The summed E-state index contributed by atoms with van der Waals surface area (Å²) in [6, 6.07) is 8.11. The maximum Gasteiger partial charge on any atom is 0.257 e. The van der Waals surface area contributed by atoms with Crippen LogP contribution in [-0.4, -0.2) is 17.9 Å². The Morgan fingerprint density at radius 2 is 2.05 bits per heavy atom. The minimum Gasteiger partial charge on any atom is -0.373 e. The lowest BCUT2D eigenvalue weighted by Gasteiger charge is -2.09. The van der Waals surface area contributed by atoms with Gasteiger partial charge in [-0.3, -0.25) is 4.79 Å². The van der Waals surface area contributed by atoms with Gasteiger partial charge in [-0.2, -0.15) is 5.26 Å². The molecule has 2 aromatic rings. The zero-order chi connectivity index (χ0) is 15.4. The minimum absolute atomic E-state index is 0.233. The zero-order valence-corrected chi connectivity index (χ0v) is 12.5. The van der Waals surface area contributed by atoms with Gasteiger partial charge in [0.1, 0.15) is 5.82 Å². The average molecular weight is 321 g/mol. The fourth-order valence-corrected chi connectivity index (χ4v) is 2.04. The maximum atomic E-state index is 12.2. The van der Waals surface area contributed by atoms with Crippen LogP contribution in [0.15, 0.2) is 30.5 Å². The Balaban J connectivity index is 2.28. The van der Waals surface area contributed by atoms with Crippen molar-refractivity contribution in [2.75, 3.05) is 17.7 Å². The smallest absolute Gasteiger partial charge is 0.257 e. The number of nitriles is 1. The molecule has 0 aliphatic carbocycles. The number of halogens is 2. The SMILES string of the molecule is CNc1cc(C(=O)Nc2ccc(C#N)cc2Cl)c(Cl)cn1. The Bertz CT molecular complexity index is 740. The lowest BCUT2D eigenvalue weighted by atomic mass is 10.2. The summed E-state index contributed by atoms with van der Waals surface area (Å²) < 4.78 is 0. The molecule has 0 aliphatic heterocycles. The zero-order valence-electron chi connectivity index (χ0n) is 10.9. The number of hydrogen-bond acceptors (Lipinski definition) is 4. The standard InChI is InChI=1S/C14H10Cl2N4O/c1-18-13-5-9(11(16)7-19-13)14(21)20-12-3-2-8(6-17)4-10(12)15/h2-5,7H,1H3,(H,18,19)(H,20,21). The van der Waals surface area contributed by atoms with Gasteiger partial charge < -0.3 is 10.6 Å². The third kappa shape index (κ3) is 3.43. The molecule has 1 amide bonds. The second-order valence-electron chi connectivity index (χ2n) is 4.06. The number of amides is 1. The fourth-order valence-electron chi connectivity index (χ4n) is 1.63. The number of carbonyl (C=O) groups excluding carboxylic acids is 1. The number of benzene rings is 1. The molecule has 7 heteroatoms. The number of hydrogen-bond donors (Lipinski definition) is 2. The minimum atomic E-state index is -0.412. The predicted molar refractivity (Wildman–Crippen MR) is 82.9 cm³/mol. The van der Waals surface area contributed by atoms with Gasteiger partial charge in [0.25, 0.3) is 5.91 Å². The largest absolute Gasteiger partial charge is 0.373 e. The lowest BCUT2D eigenvalue weighted by molar-refractivity contribution is 0.102. The molecule has 0 fully saturated rings. The molecular formula is C14H10Cl2N4O. The molecule has 0 bridgehead atoms. The van der Waals surface area contributed by atoms with Crippen molar-refractivity contribution < 1.29 is 4.79 Å². The summed E-state index contributed by atoms with van der Waals surface area (Å²) in [5, 5.41) is 14.8. The van der Waals surface area contributed by atoms with Crippen LogP contribution in [0.4, 0.5) is 11.5 Å². The van der Waals surface area contributed by atoms with Gasteiger partial charge in [0.15, 0.2) is 0 Å². The topological polar surface area (TPSA) is 77.8 Å². The highest BCUT2D eigenvalue weighted by Crippen LogP contribution is 2.25. The van der Waals surface area contributed by atoms with Crippen LogP contribution in [0, 0.1) is 11.3 Å². The molecule has 2 rings (SSSR count). The van der Waals surface area contributed by atoms with E-state index in [-0.39, 0.29) is 15.6 Å². The van der Waals surface area contributed by atoms with E-state index < -0.39 is 5.91 Å². The van der Waals surface area contributed by atoms with Gasteiger partial charge in [0.05, 0.1) is 32.9 Å². The second-order valence-corrected chi connectivity index (χ2v) is 4.87. The highest BCUT2D eigenvalue weighted by molar-refractivity contribution is 6.36. The van der Waals surface area contributed by atoms with Gasteiger partial charge in [-0.1, -0.05) is 23.2 Å². The number of rotatable bonds is 3. The van der Waals surface area contributed by atoms with Crippen LogP contribution >= 0.6 is 23.2 Å². The van der Waals surface area contributed by atoms with Gasteiger partial charge in [-0.25, -0.2) is 4.98 Å². The normalized spacial score (nSPS) is 9.81. The molecule has 1 aromatic heterocycles. The molecule has 0 saturated heterocycles. The molecule has 106 valence electrons. The quantitative estimate of drug-likeness (QED) is 0.906. The van der Waals surface area contributed by atoms with E-state index in [2.05, 4.69) is 15.6 Å². The number of anilines is 2. The number of nitrogens with zero attached hydrogens (tertiary/aromatic N) is 2. The molecule has 0 saturated carbocycles. The molecule has 0 aliphatic rings. The first-order valence-electron chi connectivity index (χ1n) is 5.89. The molecule has 1 heterocycles. The highest BCUT2D eigenvalue weighted by atomic mass is 35.5. The average Bonchev–Trinajstić information content (AvgIpc) is 2.49. The number of carbonyl (C=O) groups is 1. The molecule has 0 atom stereocenters. The van der Waals surface area contributed by atoms with Crippen molar-refractivity contribution in [3.63, 3.8) is 0 Å². The third-order valence-electron chi connectivity index (χ3n) is 2.70. The molecule has 2 N–H and O–H groups in total. The highest BCUT2D eigenvalue weighted by Gasteiger charge is 2.13. The first-order valence-corrected chi connectivity index (χ1v) is 6.65. The third-order valence-corrected chi connectivity index (χ3v) is 3.32. The molecule has 0 spiro atoms. The summed E-state index contributed by atoms with van der Waals surface area (Å²) in [6.07, 6.45) is 1.39. The Hall–Kier alpha value is -2.29. The summed E-state index contributed by atoms with van der Waals surface area (Å²) in [4.78, 5) is 16.2. The molecule has 21 heavy (non-hydrogen) atoms. The van der Waals surface area contributed by atoms with Gasteiger partial charge in [-0.15, -0.1) is 0 Å². The van der Waals surface area contributed by atoms with Crippen LogP contribution in [0.5, 0.6) is 0 Å². The molecule has 0 unspecified atom stereocenters. The summed E-state index contributed by atoms with van der Waals surface area (Å²) in [5.74, 6) is 0.112. The Kier molecular flexibility index (Phi) is 4.63. The van der Waals surface area contributed by atoms with Crippen LogP contribution in [-0.2, 0) is 0 Å². The molecule has 1 aromatic carbocycles. The van der Waals surface area contributed by atoms with E-state index >= 15 is 0 Å². The number of nitrogens with one attached hydrogen (secondary N) is 2. The Morgan fingerprint density at radius 1 is 1.29 bits per heavy atom. The summed E-state index contributed by atoms with van der Waals surface area (Å²) in [7, 11) is 1.69. The van der Waals surface area contributed by atoms with Crippen molar-refractivity contribution in [1.82, 2.24) is 4.98 Å². The van der Waals surface area contributed by atoms with Gasteiger partial charge in [0, 0.05) is 13.2 Å². The first kappa shape index (κ1) is 15.1. The van der Waals surface area contributed by atoms with E-state index in [9.17, 15) is 4.79 Å². The summed E-state index contributed by atoms with van der Waals surface area (Å²) >= 11 is 12.0. The van der Waals surface area contributed by atoms with Crippen molar-refractivity contribution >= 4 is 40.6 Å². The van der Waals surface area contributed by atoms with Crippen molar-refractivity contribution in [3.8, 4) is 6.07 Å². The number of aromatic nitrogens is 1. The van der Waals surface area contributed by atoms with E-state index in [0.29, 0.717) is 17.1 Å². The van der Waals surface area contributed by atoms with Crippen LogP contribution in [0.1, 0.15) is 15.9 Å². The van der Waals surface area contributed by atoms with E-state index in [1.54, 1.807) is 19.2 Å². The van der Waals surface area contributed by atoms with Gasteiger partial charge in [-0.05, 0) is 24.3 Å². The van der Waals surface area contributed by atoms with Crippen LogP contribution < -0.4 is 10.6 Å². The van der Waals surface area contributed by atoms with Crippen LogP contribution in [0.2, 0.25) is 10.0 Å². The predicted octanol–water partition coefficient (Wildman–Crippen LogP) is 3.55. The van der Waals surface area contributed by atoms with Crippen molar-refractivity contribution in [1.29, 1.82) is 5.26 Å². The van der Waals surface area contributed by atoms with E-state index in [1.165, 1.54) is 18.3 Å². The first-order chi connectivity index (χ1) is 10.0. The monoisotopic (exact) mass is 320 g/mol. The van der Waals surface area contributed by atoms with Crippen molar-refractivity contribution in [2.24, 2.45) is 0 Å². The van der Waals surface area contributed by atoms with E-state index in [4.69, 9.17) is 28.5 Å². The number of pyridine rings is 1. The summed E-state index contributed by atoms with van der Waals surface area (Å²) in [5.41, 5.74) is 1.09.